The highest BCUT2D eigenvalue weighted by molar-refractivity contribution is 7.89. The van der Waals surface area contributed by atoms with Crippen molar-refractivity contribution in [2.24, 2.45) is 5.92 Å². The van der Waals surface area contributed by atoms with Crippen LogP contribution in [0.5, 0.6) is 0 Å². The molecular weight excluding hydrogens is 292 g/mol. The Morgan fingerprint density at radius 2 is 1.90 bits per heavy atom. The van der Waals surface area contributed by atoms with E-state index in [0.29, 0.717) is 23.4 Å². The monoisotopic (exact) mass is 318 g/mol. The summed E-state index contributed by atoms with van der Waals surface area (Å²) in [5.74, 6) is 0.320. The van der Waals surface area contributed by atoms with Crippen molar-refractivity contribution in [1.29, 1.82) is 0 Å². The molecule has 0 radical (unpaired) electrons. The second-order valence-corrected chi connectivity index (χ2v) is 8.22. The summed E-state index contributed by atoms with van der Waals surface area (Å²) >= 11 is 1.48. The van der Waals surface area contributed by atoms with Crippen molar-refractivity contribution in [2.75, 3.05) is 0 Å². The van der Waals surface area contributed by atoms with Crippen LogP contribution < -0.4 is 10.0 Å². The first kappa shape index (κ1) is 17.6. The predicted octanol–water partition coefficient (Wildman–Crippen LogP) is 2.96. The second kappa shape index (κ2) is 7.54. The fourth-order valence-corrected chi connectivity index (χ4v) is 4.52. The molecule has 0 aromatic carbocycles. The summed E-state index contributed by atoms with van der Waals surface area (Å²) < 4.78 is 27.7. The van der Waals surface area contributed by atoms with Gasteiger partial charge < -0.3 is 5.32 Å². The van der Waals surface area contributed by atoms with E-state index in [1.807, 2.05) is 26.2 Å². The van der Waals surface area contributed by atoms with Gasteiger partial charge in [-0.25, -0.2) is 13.1 Å². The molecule has 2 N–H and O–H groups in total. The van der Waals surface area contributed by atoms with Crippen LogP contribution in [-0.4, -0.2) is 20.5 Å². The third-order valence-corrected chi connectivity index (χ3v) is 6.20. The van der Waals surface area contributed by atoms with Gasteiger partial charge in [-0.1, -0.05) is 34.1 Å². The average Bonchev–Trinajstić information content (AvgIpc) is 2.83. The van der Waals surface area contributed by atoms with Gasteiger partial charge in [0.15, 0.2) is 0 Å². The minimum absolute atomic E-state index is 0.0594. The first-order valence-electron chi connectivity index (χ1n) is 7.10. The summed E-state index contributed by atoms with van der Waals surface area (Å²) in [7, 11) is -3.43. The Hall–Kier alpha value is -0.430. The quantitative estimate of drug-likeness (QED) is 0.775. The summed E-state index contributed by atoms with van der Waals surface area (Å²) in [6.45, 7) is 10.7. The standard InChI is InChI=1S/C14H26N2O2S2/c1-6-11(4)12(5)16-20(17,18)14-7-8-19-13(14)9-15-10(2)3/h7-8,10-12,15-16H,6,9H2,1-5H3. The summed E-state index contributed by atoms with van der Waals surface area (Å²) in [4.78, 5) is 1.27. The first-order chi connectivity index (χ1) is 9.27. The number of thiophene rings is 1. The van der Waals surface area contributed by atoms with Gasteiger partial charge in [0.2, 0.25) is 10.0 Å². The number of nitrogens with one attached hydrogen (secondary N) is 2. The van der Waals surface area contributed by atoms with Gasteiger partial charge in [-0.05, 0) is 24.3 Å². The average molecular weight is 319 g/mol. The van der Waals surface area contributed by atoms with Crippen molar-refractivity contribution in [1.82, 2.24) is 10.0 Å². The molecule has 1 aromatic rings. The molecule has 20 heavy (non-hydrogen) atoms. The number of hydrogen-bond acceptors (Lipinski definition) is 4. The van der Waals surface area contributed by atoms with Crippen LogP contribution in [0, 0.1) is 5.92 Å². The molecular formula is C14H26N2O2S2. The van der Waals surface area contributed by atoms with Crippen molar-refractivity contribution < 1.29 is 8.42 Å². The van der Waals surface area contributed by atoms with Crippen LogP contribution in [-0.2, 0) is 16.6 Å². The first-order valence-corrected chi connectivity index (χ1v) is 9.46. The fraction of sp³-hybridized carbons (Fsp3) is 0.714. The minimum atomic E-state index is -3.43. The van der Waals surface area contributed by atoms with Crippen molar-refractivity contribution in [3.8, 4) is 0 Å². The van der Waals surface area contributed by atoms with Gasteiger partial charge >= 0.3 is 0 Å². The molecule has 0 saturated heterocycles. The van der Waals surface area contributed by atoms with Crippen LogP contribution in [0.2, 0.25) is 0 Å². The SMILES string of the molecule is CCC(C)C(C)NS(=O)(=O)c1ccsc1CNC(C)C. The molecule has 1 rings (SSSR count). The van der Waals surface area contributed by atoms with Crippen molar-refractivity contribution in [3.05, 3.63) is 16.3 Å². The van der Waals surface area contributed by atoms with Crippen LogP contribution in [0.3, 0.4) is 0 Å². The van der Waals surface area contributed by atoms with Crippen LogP contribution in [0.1, 0.15) is 45.9 Å². The lowest BCUT2D eigenvalue weighted by atomic mass is 10.0. The zero-order valence-electron chi connectivity index (χ0n) is 12.9. The van der Waals surface area contributed by atoms with E-state index in [4.69, 9.17) is 0 Å². The lowest BCUT2D eigenvalue weighted by Gasteiger charge is -2.20. The summed E-state index contributed by atoms with van der Waals surface area (Å²) in [5, 5.41) is 5.10. The molecule has 0 spiro atoms. The maximum atomic E-state index is 12.5. The molecule has 2 unspecified atom stereocenters. The number of hydrogen-bond donors (Lipinski definition) is 2. The van der Waals surface area contributed by atoms with Crippen molar-refractivity contribution in [2.45, 2.75) is 64.6 Å². The summed E-state index contributed by atoms with van der Waals surface area (Å²) in [6.07, 6.45) is 0.953. The molecule has 0 aliphatic carbocycles. The van der Waals surface area contributed by atoms with Gasteiger partial charge in [-0.3, -0.25) is 0 Å². The van der Waals surface area contributed by atoms with E-state index >= 15 is 0 Å². The van der Waals surface area contributed by atoms with E-state index in [1.54, 1.807) is 6.07 Å². The maximum absolute atomic E-state index is 12.5. The Morgan fingerprint density at radius 1 is 1.25 bits per heavy atom. The highest BCUT2D eigenvalue weighted by Crippen LogP contribution is 2.23. The number of rotatable bonds is 8. The lowest BCUT2D eigenvalue weighted by Crippen LogP contribution is -2.37. The molecule has 0 aliphatic rings. The number of sulfonamides is 1. The minimum Gasteiger partial charge on any atom is -0.310 e. The van der Waals surface area contributed by atoms with E-state index in [2.05, 4.69) is 23.9 Å². The van der Waals surface area contributed by atoms with E-state index in [-0.39, 0.29) is 6.04 Å². The molecule has 0 amide bonds. The smallest absolute Gasteiger partial charge is 0.241 e. The van der Waals surface area contributed by atoms with Crippen molar-refractivity contribution >= 4 is 21.4 Å². The molecule has 0 aliphatic heterocycles. The van der Waals surface area contributed by atoms with Gasteiger partial charge in [0.25, 0.3) is 0 Å². The molecule has 116 valence electrons. The molecule has 2 atom stereocenters. The Kier molecular flexibility index (Phi) is 6.64. The van der Waals surface area contributed by atoms with Crippen LogP contribution in [0.25, 0.3) is 0 Å². The van der Waals surface area contributed by atoms with Gasteiger partial charge in [0, 0.05) is 23.5 Å². The van der Waals surface area contributed by atoms with Crippen LogP contribution in [0.15, 0.2) is 16.3 Å². The zero-order chi connectivity index (χ0) is 15.3. The van der Waals surface area contributed by atoms with E-state index in [1.165, 1.54) is 11.3 Å². The normalized spacial score (nSPS) is 15.5. The third kappa shape index (κ3) is 4.84. The maximum Gasteiger partial charge on any atom is 0.241 e. The molecule has 0 fully saturated rings. The van der Waals surface area contributed by atoms with E-state index in [9.17, 15) is 8.42 Å². The highest BCUT2D eigenvalue weighted by atomic mass is 32.2. The molecule has 6 heteroatoms. The van der Waals surface area contributed by atoms with E-state index < -0.39 is 10.0 Å². The van der Waals surface area contributed by atoms with E-state index in [0.717, 1.165) is 11.3 Å². The topological polar surface area (TPSA) is 58.2 Å². The van der Waals surface area contributed by atoms with Crippen molar-refractivity contribution in [3.63, 3.8) is 0 Å². The van der Waals surface area contributed by atoms with Crippen LogP contribution in [0.4, 0.5) is 0 Å². The molecule has 0 saturated carbocycles. The fourth-order valence-electron chi connectivity index (χ4n) is 1.77. The summed E-state index contributed by atoms with van der Waals surface area (Å²) in [6, 6.07) is 1.96. The molecule has 1 heterocycles. The van der Waals surface area contributed by atoms with Gasteiger partial charge in [-0.2, -0.15) is 0 Å². The molecule has 0 bridgehead atoms. The van der Waals surface area contributed by atoms with Gasteiger partial charge in [-0.15, -0.1) is 11.3 Å². The lowest BCUT2D eigenvalue weighted by molar-refractivity contribution is 0.434. The molecule has 4 nitrogen and oxygen atoms in total. The highest BCUT2D eigenvalue weighted by Gasteiger charge is 2.23. The Bertz CT molecular complexity index is 509. The van der Waals surface area contributed by atoms with Crippen LogP contribution >= 0.6 is 11.3 Å². The Labute approximate surface area is 127 Å². The third-order valence-electron chi connectivity index (χ3n) is 3.50. The Balaban J connectivity index is 2.85. The predicted molar refractivity (Wildman–Crippen MR) is 85.5 cm³/mol. The second-order valence-electron chi connectivity index (χ2n) is 5.54. The summed E-state index contributed by atoms with van der Waals surface area (Å²) in [5.41, 5.74) is 0. The Morgan fingerprint density at radius 3 is 2.45 bits per heavy atom. The van der Waals surface area contributed by atoms with Gasteiger partial charge in [0.1, 0.15) is 0 Å². The largest absolute Gasteiger partial charge is 0.310 e. The van der Waals surface area contributed by atoms with Gasteiger partial charge in [0.05, 0.1) is 4.90 Å². The molecule has 1 aromatic heterocycles. The zero-order valence-corrected chi connectivity index (χ0v) is 14.6.